The predicted molar refractivity (Wildman–Crippen MR) is 105 cm³/mol. The first-order valence-electron chi connectivity index (χ1n) is 8.86. The molecule has 0 aliphatic heterocycles. The number of rotatable bonds is 8. The number of aromatic nitrogens is 1. The predicted octanol–water partition coefficient (Wildman–Crippen LogP) is 4.33. The zero-order valence-corrected chi connectivity index (χ0v) is 15.2. The van der Waals surface area contributed by atoms with Crippen molar-refractivity contribution in [1.82, 2.24) is 4.98 Å². The summed E-state index contributed by atoms with van der Waals surface area (Å²) in [7, 11) is 1.63. The van der Waals surface area contributed by atoms with E-state index in [1.54, 1.807) is 7.11 Å². The Kier molecular flexibility index (Phi) is 5.79. The Hall–Kier alpha value is -2.95. The number of pyridine rings is 1. The van der Waals surface area contributed by atoms with Crippen molar-refractivity contribution in [2.24, 2.45) is 0 Å². The van der Waals surface area contributed by atoms with Gasteiger partial charge in [-0.15, -0.1) is 0 Å². The van der Waals surface area contributed by atoms with Crippen LogP contribution in [0.15, 0.2) is 53.3 Å². The van der Waals surface area contributed by atoms with Gasteiger partial charge in [0.2, 0.25) is 0 Å². The summed E-state index contributed by atoms with van der Waals surface area (Å²) in [4.78, 5) is 15.2. The number of fused-ring (bicyclic) bond motifs is 1. The van der Waals surface area contributed by atoms with Crippen LogP contribution >= 0.6 is 0 Å². The highest BCUT2D eigenvalue weighted by molar-refractivity contribution is 5.80. The largest absolute Gasteiger partial charge is 0.497 e. The van der Waals surface area contributed by atoms with Crippen LogP contribution in [0, 0.1) is 0 Å². The molecule has 0 aliphatic rings. The van der Waals surface area contributed by atoms with Crippen LogP contribution in [0.5, 0.6) is 11.5 Å². The minimum absolute atomic E-state index is 0.0883. The molecule has 3 rings (SSSR count). The van der Waals surface area contributed by atoms with Crippen molar-refractivity contribution in [2.75, 3.05) is 19.0 Å². The smallest absolute Gasteiger partial charge is 0.253 e. The molecule has 2 N–H and O–H groups in total. The Morgan fingerprint density at radius 2 is 1.81 bits per heavy atom. The number of aromatic amines is 1. The molecule has 0 saturated heterocycles. The maximum Gasteiger partial charge on any atom is 0.253 e. The van der Waals surface area contributed by atoms with E-state index in [2.05, 4.69) is 17.2 Å². The number of benzene rings is 2. The molecular formula is C21H24N2O3. The van der Waals surface area contributed by atoms with Gasteiger partial charge in [0, 0.05) is 28.7 Å². The van der Waals surface area contributed by atoms with Crippen LogP contribution in [0.1, 0.15) is 25.3 Å². The molecular weight excluding hydrogens is 328 g/mol. The van der Waals surface area contributed by atoms with Crippen molar-refractivity contribution >= 4 is 16.6 Å². The molecule has 0 spiro atoms. The van der Waals surface area contributed by atoms with Gasteiger partial charge in [-0.25, -0.2) is 0 Å². The minimum atomic E-state index is -0.0883. The summed E-state index contributed by atoms with van der Waals surface area (Å²) >= 11 is 0. The van der Waals surface area contributed by atoms with Gasteiger partial charge in [-0.3, -0.25) is 4.79 Å². The zero-order chi connectivity index (χ0) is 18.4. The second kappa shape index (κ2) is 8.43. The Morgan fingerprint density at radius 1 is 1.04 bits per heavy atom. The molecule has 5 nitrogen and oxygen atoms in total. The van der Waals surface area contributed by atoms with Crippen molar-refractivity contribution in [3.05, 3.63) is 64.4 Å². The highest BCUT2D eigenvalue weighted by Gasteiger charge is 2.05. The molecule has 0 bridgehead atoms. The molecule has 0 atom stereocenters. The van der Waals surface area contributed by atoms with E-state index in [0.29, 0.717) is 12.1 Å². The van der Waals surface area contributed by atoms with Gasteiger partial charge < -0.3 is 19.8 Å². The van der Waals surface area contributed by atoms with Crippen molar-refractivity contribution in [2.45, 2.75) is 26.3 Å². The molecule has 0 unspecified atom stereocenters. The van der Waals surface area contributed by atoms with Crippen molar-refractivity contribution in [3.8, 4) is 11.5 Å². The summed E-state index contributed by atoms with van der Waals surface area (Å²) in [6, 6.07) is 15.3. The fourth-order valence-electron chi connectivity index (χ4n) is 2.69. The van der Waals surface area contributed by atoms with Gasteiger partial charge in [0.05, 0.1) is 13.7 Å². The van der Waals surface area contributed by atoms with E-state index in [9.17, 15) is 4.79 Å². The molecule has 5 heteroatoms. The standard InChI is InChI=1S/C21H24N2O3/c1-3-4-11-26-18-7-5-17(6-8-18)22-14-16-12-15-13-19(25-2)9-10-20(15)23-21(16)24/h5-10,12-13,22H,3-4,11,14H2,1-2H3,(H,23,24). The highest BCUT2D eigenvalue weighted by atomic mass is 16.5. The van der Waals surface area contributed by atoms with E-state index < -0.39 is 0 Å². The first-order chi connectivity index (χ1) is 12.7. The third kappa shape index (κ3) is 4.36. The second-order valence-electron chi connectivity index (χ2n) is 6.16. The normalized spacial score (nSPS) is 10.7. The monoisotopic (exact) mass is 352 g/mol. The van der Waals surface area contributed by atoms with Gasteiger partial charge in [-0.1, -0.05) is 13.3 Å². The molecule has 1 heterocycles. The molecule has 0 saturated carbocycles. The van der Waals surface area contributed by atoms with Gasteiger partial charge >= 0.3 is 0 Å². The number of nitrogens with one attached hydrogen (secondary N) is 2. The fraction of sp³-hybridized carbons (Fsp3) is 0.286. The molecule has 0 amide bonds. The molecule has 3 aromatic rings. The van der Waals surface area contributed by atoms with E-state index in [-0.39, 0.29) is 5.56 Å². The summed E-state index contributed by atoms with van der Waals surface area (Å²) in [6.07, 6.45) is 2.17. The second-order valence-corrected chi connectivity index (χ2v) is 6.16. The van der Waals surface area contributed by atoms with Crippen LogP contribution in [0.3, 0.4) is 0 Å². The summed E-state index contributed by atoms with van der Waals surface area (Å²) in [6.45, 7) is 3.32. The first kappa shape index (κ1) is 17.9. The van der Waals surface area contributed by atoms with Crippen LogP contribution in [0.2, 0.25) is 0 Å². The lowest BCUT2D eigenvalue weighted by Crippen LogP contribution is -2.15. The molecule has 1 aromatic heterocycles. The maximum atomic E-state index is 12.3. The van der Waals surface area contributed by atoms with Crippen LogP contribution in [-0.4, -0.2) is 18.7 Å². The van der Waals surface area contributed by atoms with Crippen molar-refractivity contribution in [3.63, 3.8) is 0 Å². The average molecular weight is 352 g/mol. The van der Waals surface area contributed by atoms with E-state index in [1.807, 2.05) is 48.5 Å². The lowest BCUT2D eigenvalue weighted by atomic mass is 10.1. The molecule has 0 fully saturated rings. The van der Waals surface area contributed by atoms with Gasteiger partial charge in [0.15, 0.2) is 0 Å². The summed E-state index contributed by atoms with van der Waals surface area (Å²) in [5, 5.41) is 4.23. The third-order valence-corrected chi connectivity index (χ3v) is 4.23. The van der Waals surface area contributed by atoms with E-state index in [1.165, 1.54) is 0 Å². The molecule has 26 heavy (non-hydrogen) atoms. The summed E-state index contributed by atoms with van der Waals surface area (Å²) in [5.41, 5.74) is 2.33. The number of unbranched alkanes of at least 4 members (excludes halogenated alkanes) is 1. The number of ether oxygens (including phenoxy) is 2. The number of anilines is 1. The average Bonchev–Trinajstić information content (AvgIpc) is 2.67. The van der Waals surface area contributed by atoms with Gasteiger partial charge in [-0.05, 0) is 55.0 Å². The van der Waals surface area contributed by atoms with Crippen LogP contribution < -0.4 is 20.3 Å². The number of H-pyrrole nitrogens is 1. The topological polar surface area (TPSA) is 63.4 Å². The Morgan fingerprint density at radius 3 is 2.54 bits per heavy atom. The molecule has 136 valence electrons. The summed E-state index contributed by atoms with van der Waals surface area (Å²) in [5.74, 6) is 1.63. The van der Waals surface area contributed by atoms with E-state index in [0.717, 1.165) is 47.5 Å². The molecule has 0 radical (unpaired) electrons. The summed E-state index contributed by atoms with van der Waals surface area (Å²) < 4.78 is 10.9. The number of hydrogen-bond donors (Lipinski definition) is 2. The van der Waals surface area contributed by atoms with Crippen LogP contribution in [-0.2, 0) is 6.54 Å². The highest BCUT2D eigenvalue weighted by Crippen LogP contribution is 2.20. The maximum absolute atomic E-state index is 12.3. The van der Waals surface area contributed by atoms with Crippen LogP contribution in [0.25, 0.3) is 10.9 Å². The van der Waals surface area contributed by atoms with Crippen molar-refractivity contribution in [1.29, 1.82) is 0 Å². The fourth-order valence-corrected chi connectivity index (χ4v) is 2.69. The first-order valence-corrected chi connectivity index (χ1v) is 8.86. The molecule has 0 aliphatic carbocycles. The van der Waals surface area contributed by atoms with E-state index >= 15 is 0 Å². The lowest BCUT2D eigenvalue weighted by molar-refractivity contribution is 0.309. The lowest BCUT2D eigenvalue weighted by Gasteiger charge is -2.09. The Bertz CT molecular complexity index is 917. The zero-order valence-electron chi connectivity index (χ0n) is 15.2. The number of methoxy groups -OCH3 is 1. The van der Waals surface area contributed by atoms with Gasteiger partial charge in [0.25, 0.3) is 5.56 Å². The van der Waals surface area contributed by atoms with Gasteiger partial charge in [0.1, 0.15) is 11.5 Å². The quantitative estimate of drug-likeness (QED) is 0.592. The van der Waals surface area contributed by atoms with Crippen molar-refractivity contribution < 1.29 is 9.47 Å². The molecule has 2 aromatic carbocycles. The van der Waals surface area contributed by atoms with Crippen LogP contribution in [0.4, 0.5) is 5.69 Å². The van der Waals surface area contributed by atoms with Gasteiger partial charge in [-0.2, -0.15) is 0 Å². The van der Waals surface area contributed by atoms with E-state index in [4.69, 9.17) is 9.47 Å². The minimum Gasteiger partial charge on any atom is -0.497 e. The SMILES string of the molecule is CCCCOc1ccc(NCc2cc3cc(OC)ccc3[nH]c2=O)cc1. The Balaban J connectivity index is 1.68. The number of hydrogen-bond acceptors (Lipinski definition) is 4. The third-order valence-electron chi connectivity index (χ3n) is 4.23. The Labute approximate surface area is 153 Å².